The number of aryl methyl sites for hydroxylation is 1. The first-order valence-corrected chi connectivity index (χ1v) is 7.54. The SMILES string of the molecule is Cc1cccc(C[NH+]2CC[NH+](Cc3ccco3)CC2)c1. The molecule has 2 N–H and O–H groups in total. The van der Waals surface area contributed by atoms with Crippen molar-refractivity contribution in [2.24, 2.45) is 0 Å². The van der Waals surface area contributed by atoms with Crippen molar-refractivity contribution in [3.8, 4) is 0 Å². The topological polar surface area (TPSA) is 22.0 Å². The summed E-state index contributed by atoms with van der Waals surface area (Å²) in [5.74, 6) is 1.11. The van der Waals surface area contributed by atoms with Crippen LogP contribution in [0.3, 0.4) is 0 Å². The molecule has 3 rings (SSSR count). The lowest BCUT2D eigenvalue weighted by Crippen LogP contribution is -3.27. The largest absolute Gasteiger partial charge is 0.463 e. The lowest BCUT2D eigenvalue weighted by Gasteiger charge is -2.29. The Morgan fingerprint density at radius 1 is 0.950 bits per heavy atom. The Balaban J connectivity index is 1.48. The van der Waals surface area contributed by atoms with Gasteiger partial charge in [-0.05, 0) is 19.1 Å². The average molecular weight is 272 g/mol. The highest BCUT2D eigenvalue weighted by Gasteiger charge is 2.23. The fraction of sp³-hybridized carbons (Fsp3) is 0.412. The number of hydrogen-bond donors (Lipinski definition) is 2. The van der Waals surface area contributed by atoms with Gasteiger partial charge in [0.25, 0.3) is 0 Å². The van der Waals surface area contributed by atoms with E-state index in [0.717, 1.165) is 18.8 Å². The van der Waals surface area contributed by atoms with E-state index >= 15 is 0 Å². The molecule has 0 unspecified atom stereocenters. The van der Waals surface area contributed by atoms with Crippen LogP contribution in [0.1, 0.15) is 16.9 Å². The summed E-state index contributed by atoms with van der Waals surface area (Å²) < 4.78 is 5.44. The van der Waals surface area contributed by atoms with Crippen molar-refractivity contribution in [1.29, 1.82) is 0 Å². The van der Waals surface area contributed by atoms with Crippen LogP contribution in [-0.4, -0.2) is 26.2 Å². The fourth-order valence-corrected chi connectivity index (χ4v) is 3.08. The number of piperazine rings is 1. The molecule has 3 nitrogen and oxygen atoms in total. The predicted octanol–water partition coefficient (Wildman–Crippen LogP) is 0.0716. The molecule has 0 bridgehead atoms. The third-order valence-electron chi connectivity index (χ3n) is 4.21. The smallest absolute Gasteiger partial charge is 0.157 e. The fourth-order valence-electron chi connectivity index (χ4n) is 3.08. The van der Waals surface area contributed by atoms with E-state index in [1.54, 1.807) is 16.1 Å². The van der Waals surface area contributed by atoms with Gasteiger partial charge in [-0.3, -0.25) is 0 Å². The van der Waals surface area contributed by atoms with E-state index in [-0.39, 0.29) is 0 Å². The summed E-state index contributed by atoms with van der Waals surface area (Å²) in [6.45, 7) is 9.35. The quantitative estimate of drug-likeness (QED) is 0.808. The third kappa shape index (κ3) is 3.50. The van der Waals surface area contributed by atoms with E-state index in [2.05, 4.69) is 37.3 Å². The minimum atomic E-state index is 1.03. The molecule has 0 radical (unpaired) electrons. The minimum absolute atomic E-state index is 1.03. The van der Waals surface area contributed by atoms with Gasteiger partial charge in [0.15, 0.2) is 5.76 Å². The molecule has 2 heterocycles. The minimum Gasteiger partial charge on any atom is -0.463 e. The Labute approximate surface area is 120 Å². The molecule has 1 aromatic carbocycles. The van der Waals surface area contributed by atoms with Crippen LogP contribution in [0.5, 0.6) is 0 Å². The van der Waals surface area contributed by atoms with E-state index < -0.39 is 0 Å². The van der Waals surface area contributed by atoms with Crippen molar-refractivity contribution in [2.45, 2.75) is 20.0 Å². The van der Waals surface area contributed by atoms with Crippen molar-refractivity contribution in [2.75, 3.05) is 26.2 Å². The number of rotatable bonds is 4. The molecule has 1 fully saturated rings. The predicted molar refractivity (Wildman–Crippen MR) is 78.7 cm³/mol. The van der Waals surface area contributed by atoms with Gasteiger partial charge in [0.1, 0.15) is 39.3 Å². The molecule has 20 heavy (non-hydrogen) atoms. The summed E-state index contributed by atoms with van der Waals surface area (Å²) in [5.41, 5.74) is 2.83. The molecule has 2 aromatic rings. The first kappa shape index (κ1) is 13.4. The van der Waals surface area contributed by atoms with Gasteiger partial charge >= 0.3 is 0 Å². The van der Waals surface area contributed by atoms with Crippen LogP contribution < -0.4 is 9.80 Å². The Morgan fingerprint density at radius 2 is 1.70 bits per heavy atom. The zero-order valence-corrected chi connectivity index (χ0v) is 12.2. The highest BCUT2D eigenvalue weighted by Crippen LogP contribution is 2.02. The number of hydrogen-bond acceptors (Lipinski definition) is 1. The van der Waals surface area contributed by atoms with Crippen molar-refractivity contribution >= 4 is 0 Å². The molecule has 1 aromatic heterocycles. The first-order chi connectivity index (χ1) is 9.79. The van der Waals surface area contributed by atoms with Gasteiger partial charge in [0, 0.05) is 5.56 Å². The molecule has 0 spiro atoms. The second-order valence-electron chi connectivity index (χ2n) is 5.92. The maximum Gasteiger partial charge on any atom is 0.157 e. The van der Waals surface area contributed by atoms with Gasteiger partial charge in [-0.2, -0.15) is 0 Å². The molecule has 1 saturated heterocycles. The maximum absolute atomic E-state index is 5.44. The van der Waals surface area contributed by atoms with Gasteiger partial charge in [0.05, 0.1) is 6.26 Å². The molecule has 1 aliphatic rings. The van der Waals surface area contributed by atoms with Gasteiger partial charge < -0.3 is 14.2 Å². The Hall–Kier alpha value is -1.58. The number of nitrogens with one attached hydrogen (secondary N) is 2. The van der Waals surface area contributed by atoms with Gasteiger partial charge in [0.2, 0.25) is 0 Å². The van der Waals surface area contributed by atoms with Gasteiger partial charge in [-0.25, -0.2) is 0 Å². The third-order valence-corrected chi connectivity index (χ3v) is 4.21. The summed E-state index contributed by atoms with van der Waals surface area (Å²) in [6, 6.07) is 13.0. The summed E-state index contributed by atoms with van der Waals surface area (Å²) in [6.07, 6.45) is 1.77. The summed E-state index contributed by atoms with van der Waals surface area (Å²) in [4.78, 5) is 3.35. The standard InChI is InChI=1S/C17H22N2O/c1-15-4-2-5-16(12-15)13-18-7-9-19(10-8-18)14-17-6-3-11-20-17/h2-6,11-12H,7-10,13-14H2,1H3/p+2. The zero-order valence-electron chi connectivity index (χ0n) is 12.2. The maximum atomic E-state index is 5.44. The first-order valence-electron chi connectivity index (χ1n) is 7.54. The summed E-state index contributed by atoms with van der Waals surface area (Å²) >= 11 is 0. The van der Waals surface area contributed by atoms with Crippen LogP contribution in [0, 0.1) is 6.92 Å². The summed E-state index contributed by atoms with van der Waals surface area (Å²) in [7, 11) is 0. The normalized spacial score (nSPS) is 22.9. The second kappa shape index (κ2) is 6.25. The average Bonchev–Trinajstić information content (AvgIpc) is 2.94. The lowest BCUT2D eigenvalue weighted by molar-refractivity contribution is -1.02. The van der Waals surface area contributed by atoms with E-state index in [1.165, 1.54) is 37.3 Å². The molecular formula is C17H24N2O+2. The number of furan rings is 1. The van der Waals surface area contributed by atoms with Gasteiger partial charge in [-0.1, -0.05) is 29.8 Å². The monoisotopic (exact) mass is 272 g/mol. The highest BCUT2D eigenvalue weighted by atomic mass is 16.3. The molecule has 0 aliphatic carbocycles. The highest BCUT2D eigenvalue weighted by molar-refractivity contribution is 5.21. The van der Waals surface area contributed by atoms with Crippen molar-refractivity contribution in [1.82, 2.24) is 0 Å². The van der Waals surface area contributed by atoms with E-state index in [1.807, 2.05) is 6.07 Å². The Bertz CT molecular complexity index is 528. The van der Waals surface area contributed by atoms with Crippen LogP contribution in [-0.2, 0) is 13.1 Å². The number of benzene rings is 1. The van der Waals surface area contributed by atoms with Crippen LogP contribution in [0.2, 0.25) is 0 Å². The van der Waals surface area contributed by atoms with Crippen molar-refractivity contribution < 1.29 is 14.2 Å². The van der Waals surface area contributed by atoms with Crippen molar-refractivity contribution in [3.05, 3.63) is 59.5 Å². The number of quaternary nitrogens is 2. The molecule has 106 valence electrons. The van der Waals surface area contributed by atoms with E-state index in [4.69, 9.17) is 4.42 Å². The zero-order chi connectivity index (χ0) is 13.8. The van der Waals surface area contributed by atoms with Crippen LogP contribution in [0.15, 0.2) is 47.1 Å². The lowest BCUT2D eigenvalue weighted by atomic mass is 10.1. The van der Waals surface area contributed by atoms with Crippen LogP contribution in [0.4, 0.5) is 0 Å². The van der Waals surface area contributed by atoms with E-state index in [9.17, 15) is 0 Å². The molecule has 3 heteroatoms. The molecule has 0 amide bonds. The molecular weight excluding hydrogens is 248 g/mol. The second-order valence-corrected chi connectivity index (χ2v) is 5.92. The Kier molecular flexibility index (Phi) is 4.19. The molecule has 0 atom stereocenters. The van der Waals surface area contributed by atoms with Crippen LogP contribution >= 0.6 is 0 Å². The van der Waals surface area contributed by atoms with E-state index in [0.29, 0.717) is 0 Å². The van der Waals surface area contributed by atoms with Crippen molar-refractivity contribution in [3.63, 3.8) is 0 Å². The Morgan fingerprint density at radius 3 is 2.35 bits per heavy atom. The van der Waals surface area contributed by atoms with Gasteiger partial charge in [-0.15, -0.1) is 0 Å². The summed E-state index contributed by atoms with van der Waals surface area (Å²) in [5, 5.41) is 0. The molecule has 0 saturated carbocycles. The molecule has 1 aliphatic heterocycles. The van der Waals surface area contributed by atoms with Crippen LogP contribution in [0.25, 0.3) is 0 Å².